The maximum absolute atomic E-state index is 12.4. The van der Waals surface area contributed by atoms with E-state index in [2.05, 4.69) is 10.9 Å². The van der Waals surface area contributed by atoms with Crippen LogP contribution in [-0.4, -0.2) is 41.2 Å². The minimum Gasteiger partial charge on any atom is -0.481 e. The number of amides is 2. The first-order chi connectivity index (χ1) is 12.4. The normalized spacial score (nSPS) is 27.6. The summed E-state index contributed by atoms with van der Waals surface area (Å²) in [6.07, 6.45) is -0.401. The van der Waals surface area contributed by atoms with Gasteiger partial charge in [0.25, 0.3) is 5.91 Å². The van der Waals surface area contributed by atoms with E-state index in [1.54, 1.807) is 19.1 Å². The van der Waals surface area contributed by atoms with Crippen LogP contribution in [0.1, 0.15) is 25.3 Å². The molecule has 2 saturated heterocycles. The highest BCUT2D eigenvalue weighted by atomic mass is 16.5. The van der Waals surface area contributed by atoms with Gasteiger partial charge in [0.2, 0.25) is 5.91 Å². The van der Waals surface area contributed by atoms with Crippen LogP contribution < -0.4 is 15.6 Å². The lowest BCUT2D eigenvalue weighted by Gasteiger charge is -2.24. The molecule has 2 heterocycles. The maximum atomic E-state index is 12.4. The van der Waals surface area contributed by atoms with Crippen molar-refractivity contribution in [2.45, 2.75) is 45.0 Å². The number of rotatable bonds is 5. The van der Waals surface area contributed by atoms with Gasteiger partial charge in [-0.15, -0.1) is 0 Å². The van der Waals surface area contributed by atoms with Gasteiger partial charge in [-0.1, -0.05) is 12.1 Å². The van der Waals surface area contributed by atoms with E-state index < -0.39 is 47.9 Å². The molecule has 0 spiro atoms. The van der Waals surface area contributed by atoms with Crippen molar-refractivity contribution in [2.75, 3.05) is 0 Å². The number of aryl methyl sites for hydroxylation is 1. The number of ether oxygens (including phenoxy) is 2. The van der Waals surface area contributed by atoms with Crippen LogP contribution >= 0.6 is 0 Å². The molecule has 0 saturated carbocycles. The third-order valence-electron chi connectivity index (χ3n) is 4.84. The van der Waals surface area contributed by atoms with Crippen molar-refractivity contribution in [1.82, 2.24) is 10.9 Å². The topological polar surface area (TPSA) is 114 Å². The number of hydrogen-bond acceptors (Lipinski definition) is 5. The van der Waals surface area contributed by atoms with Crippen molar-refractivity contribution in [3.63, 3.8) is 0 Å². The van der Waals surface area contributed by atoms with E-state index in [0.717, 1.165) is 5.56 Å². The molecule has 3 rings (SSSR count). The molecular formula is C18H22N2O6. The molecule has 8 heteroatoms. The fourth-order valence-corrected chi connectivity index (χ4v) is 3.58. The van der Waals surface area contributed by atoms with Crippen LogP contribution in [0.5, 0.6) is 5.75 Å². The van der Waals surface area contributed by atoms with Crippen LogP contribution in [0.15, 0.2) is 24.3 Å². The van der Waals surface area contributed by atoms with E-state index in [-0.39, 0.29) is 0 Å². The molecule has 2 amide bonds. The Morgan fingerprint density at radius 2 is 1.88 bits per heavy atom. The Hall–Kier alpha value is -2.61. The summed E-state index contributed by atoms with van der Waals surface area (Å²) in [4.78, 5) is 35.9. The standard InChI is InChI=1S/C18H22N2O6/c1-9-4-3-5-11(8-9)25-10(2)16(21)19-20-17(22)14-12-6-7-13(26-12)15(14)18(23)24/h3-5,8,10,12-15H,6-7H2,1-2H3,(H,19,21)(H,20,22)(H,23,24)/t10-,12-,13-,14-,15-/m1/s1. The smallest absolute Gasteiger partial charge is 0.310 e. The Morgan fingerprint density at radius 1 is 1.19 bits per heavy atom. The number of carbonyl (C=O) groups excluding carboxylic acids is 2. The summed E-state index contributed by atoms with van der Waals surface area (Å²) in [7, 11) is 0. The highest BCUT2D eigenvalue weighted by molar-refractivity contribution is 5.89. The van der Waals surface area contributed by atoms with Crippen LogP contribution in [0.4, 0.5) is 0 Å². The molecule has 2 fully saturated rings. The molecule has 0 aliphatic carbocycles. The predicted octanol–water partition coefficient (Wildman–Crippen LogP) is 0.788. The lowest BCUT2D eigenvalue weighted by atomic mass is 9.79. The van der Waals surface area contributed by atoms with Gasteiger partial charge in [0.05, 0.1) is 24.0 Å². The molecule has 3 N–H and O–H groups in total. The first-order valence-electron chi connectivity index (χ1n) is 8.58. The van der Waals surface area contributed by atoms with Gasteiger partial charge in [0, 0.05) is 0 Å². The summed E-state index contributed by atoms with van der Waals surface area (Å²) in [5.41, 5.74) is 5.61. The highest BCUT2D eigenvalue weighted by Crippen LogP contribution is 2.43. The van der Waals surface area contributed by atoms with Gasteiger partial charge < -0.3 is 14.6 Å². The highest BCUT2D eigenvalue weighted by Gasteiger charge is 2.55. The second-order valence-electron chi connectivity index (χ2n) is 6.74. The number of benzene rings is 1. The van der Waals surface area contributed by atoms with Crippen LogP contribution in [0, 0.1) is 18.8 Å². The summed E-state index contributed by atoms with van der Waals surface area (Å²) < 4.78 is 11.1. The molecule has 0 unspecified atom stereocenters. The molecule has 2 aliphatic rings. The lowest BCUT2D eigenvalue weighted by Crippen LogP contribution is -2.52. The summed E-state index contributed by atoms with van der Waals surface area (Å²) in [5, 5.41) is 9.34. The van der Waals surface area contributed by atoms with Crippen molar-refractivity contribution in [2.24, 2.45) is 11.8 Å². The monoisotopic (exact) mass is 362 g/mol. The maximum Gasteiger partial charge on any atom is 0.310 e. The van der Waals surface area contributed by atoms with E-state index in [0.29, 0.717) is 18.6 Å². The second kappa shape index (κ2) is 7.33. The third kappa shape index (κ3) is 3.65. The summed E-state index contributed by atoms with van der Waals surface area (Å²) >= 11 is 0. The molecule has 5 atom stereocenters. The Labute approximate surface area is 150 Å². The lowest BCUT2D eigenvalue weighted by molar-refractivity contribution is -0.148. The Bertz CT molecular complexity index is 721. The fraction of sp³-hybridized carbons (Fsp3) is 0.500. The predicted molar refractivity (Wildman–Crippen MR) is 90.1 cm³/mol. The number of fused-ring (bicyclic) bond motifs is 2. The van der Waals surface area contributed by atoms with E-state index in [1.165, 1.54) is 0 Å². The molecular weight excluding hydrogens is 340 g/mol. The van der Waals surface area contributed by atoms with Gasteiger partial charge in [-0.25, -0.2) is 0 Å². The van der Waals surface area contributed by atoms with Gasteiger partial charge in [-0.3, -0.25) is 25.2 Å². The molecule has 0 aromatic heterocycles. The minimum absolute atomic E-state index is 0.418. The molecule has 140 valence electrons. The summed E-state index contributed by atoms with van der Waals surface area (Å²) in [6.45, 7) is 3.47. The molecule has 2 aliphatic heterocycles. The Balaban J connectivity index is 1.54. The van der Waals surface area contributed by atoms with Crippen LogP contribution in [0.25, 0.3) is 0 Å². The van der Waals surface area contributed by atoms with Crippen molar-refractivity contribution < 1.29 is 29.0 Å². The van der Waals surface area contributed by atoms with Crippen molar-refractivity contribution >= 4 is 17.8 Å². The zero-order valence-electron chi connectivity index (χ0n) is 14.6. The van der Waals surface area contributed by atoms with E-state index in [4.69, 9.17) is 9.47 Å². The quantitative estimate of drug-likeness (QED) is 0.667. The van der Waals surface area contributed by atoms with Crippen molar-refractivity contribution in [3.8, 4) is 5.75 Å². The van der Waals surface area contributed by atoms with E-state index in [1.807, 2.05) is 19.1 Å². The summed E-state index contributed by atoms with van der Waals surface area (Å²) in [5.74, 6) is -3.28. The third-order valence-corrected chi connectivity index (χ3v) is 4.84. The van der Waals surface area contributed by atoms with Crippen LogP contribution in [-0.2, 0) is 19.1 Å². The number of hydrogen-bond donors (Lipinski definition) is 3. The zero-order valence-corrected chi connectivity index (χ0v) is 14.6. The Kier molecular flexibility index (Phi) is 5.13. The first kappa shape index (κ1) is 18.2. The van der Waals surface area contributed by atoms with Crippen molar-refractivity contribution in [1.29, 1.82) is 0 Å². The minimum atomic E-state index is -1.06. The summed E-state index contributed by atoms with van der Waals surface area (Å²) in [6, 6.07) is 7.26. The number of aliphatic carboxylic acids is 1. The van der Waals surface area contributed by atoms with Crippen molar-refractivity contribution in [3.05, 3.63) is 29.8 Å². The van der Waals surface area contributed by atoms with E-state index >= 15 is 0 Å². The van der Waals surface area contributed by atoms with Gasteiger partial charge in [-0.2, -0.15) is 0 Å². The SMILES string of the molecule is Cc1cccc(O[C@H](C)C(=O)NNC(=O)[C@H]2[C@H](C(=O)O)[C@H]3CC[C@H]2O3)c1. The molecule has 2 bridgehead atoms. The second-order valence-corrected chi connectivity index (χ2v) is 6.74. The molecule has 1 aromatic carbocycles. The number of hydrazine groups is 1. The fourth-order valence-electron chi connectivity index (χ4n) is 3.58. The Morgan fingerprint density at radius 3 is 2.54 bits per heavy atom. The first-order valence-corrected chi connectivity index (χ1v) is 8.58. The van der Waals surface area contributed by atoms with Gasteiger partial charge in [0.1, 0.15) is 5.75 Å². The number of carboxylic acids is 1. The zero-order chi connectivity index (χ0) is 18.8. The molecule has 8 nitrogen and oxygen atoms in total. The van der Waals surface area contributed by atoms with Crippen LogP contribution in [0.3, 0.4) is 0 Å². The molecule has 26 heavy (non-hydrogen) atoms. The molecule has 1 aromatic rings. The van der Waals surface area contributed by atoms with E-state index in [9.17, 15) is 19.5 Å². The number of nitrogens with one attached hydrogen (secondary N) is 2. The van der Waals surface area contributed by atoms with Crippen LogP contribution in [0.2, 0.25) is 0 Å². The number of carbonyl (C=O) groups is 3. The molecule has 0 radical (unpaired) electrons. The van der Waals surface area contributed by atoms with Gasteiger partial charge in [-0.05, 0) is 44.4 Å². The van der Waals surface area contributed by atoms with Gasteiger partial charge >= 0.3 is 5.97 Å². The van der Waals surface area contributed by atoms with Gasteiger partial charge in [0.15, 0.2) is 6.10 Å². The number of carboxylic acid groups (broad SMARTS) is 1. The average molecular weight is 362 g/mol. The largest absolute Gasteiger partial charge is 0.481 e. The average Bonchev–Trinajstić information content (AvgIpc) is 3.20.